The number of hydrogen-bond acceptors (Lipinski definition) is 4. The molecule has 18 heavy (non-hydrogen) atoms. The van der Waals surface area contributed by atoms with E-state index in [0.717, 1.165) is 5.69 Å². The summed E-state index contributed by atoms with van der Waals surface area (Å²) in [4.78, 5) is 10.4. The van der Waals surface area contributed by atoms with Crippen molar-refractivity contribution in [1.29, 1.82) is 0 Å². The molecule has 5 nitrogen and oxygen atoms in total. The third-order valence-electron chi connectivity index (χ3n) is 2.12. The molecular formula is C13H16N2O3. The van der Waals surface area contributed by atoms with Crippen LogP contribution in [0.25, 0.3) is 0 Å². The Morgan fingerprint density at radius 3 is 2.83 bits per heavy atom. The van der Waals surface area contributed by atoms with Gasteiger partial charge >= 0.3 is 5.69 Å². The molecule has 0 saturated carbocycles. The van der Waals surface area contributed by atoms with Crippen LogP contribution in [-0.2, 0) is 0 Å². The second-order valence-corrected chi connectivity index (χ2v) is 3.99. The van der Waals surface area contributed by atoms with Gasteiger partial charge in [0.1, 0.15) is 0 Å². The summed E-state index contributed by atoms with van der Waals surface area (Å²) in [5.74, 6) is 2.78. The minimum absolute atomic E-state index is 0.0359. The fraction of sp³-hybridized carbons (Fsp3) is 0.385. The Bertz CT molecular complexity index is 464. The van der Waals surface area contributed by atoms with Gasteiger partial charge in [-0.15, -0.1) is 12.3 Å². The second-order valence-electron chi connectivity index (χ2n) is 3.99. The SMILES string of the molecule is C#CCCNc1ccc([N+](=O)[O-])c(OC(C)C)c1. The normalized spacial score (nSPS) is 9.89. The number of ether oxygens (including phenoxy) is 1. The van der Waals surface area contributed by atoms with Crippen molar-refractivity contribution in [2.75, 3.05) is 11.9 Å². The van der Waals surface area contributed by atoms with Crippen LogP contribution in [0.1, 0.15) is 20.3 Å². The quantitative estimate of drug-likeness (QED) is 0.364. The summed E-state index contributed by atoms with van der Waals surface area (Å²) in [6, 6.07) is 4.69. The number of hydrogen-bond donors (Lipinski definition) is 1. The molecule has 0 unspecified atom stereocenters. The van der Waals surface area contributed by atoms with Gasteiger partial charge in [0.15, 0.2) is 5.75 Å². The molecule has 5 heteroatoms. The number of nitro groups is 1. The zero-order valence-corrected chi connectivity index (χ0v) is 10.5. The minimum Gasteiger partial charge on any atom is -0.484 e. The van der Waals surface area contributed by atoms with Crippen molar-refractivity contribution in [3.63, 3.8) is 0 Å². The number of benzene rings is 1. The fourth-order valence-corrected chi connectivity index (χ4v) is 1.40. The first-order valence-corrected chi connectivity index (χ1v) is 5.67. The highest BCUT2D eigenvalue weighted by Gasteiger charge is 2.16. The molecule has 0 aromatic heterocycles. The van der Waals surface area contributed by atoms with Crippen LogP contribution in [0.5, 0.6) is 5.75 Å². The highest BCUT2D eigenvalue weighted by atomic mass is 16.6. The van der Waals surface area contributed by atoms with Gasteiger partial charge in [-0.1, -0.05) is 0 Å². The molecule has 0 fully saturated rings. The Morgan fingerprint density at radius 1 is 1.56 bits per heavy atom. The first-order valence-electron chi connectivity index (χ1n) is 5.67. The van der Waals surface area contributed by atoms with Gasteiger partial charge in [-0.3, -0.25) is 10.1 Å². The summed E-state index contributed by atoms with van der Waals surface area (Å²) >= 11 is 0. The molecule has 0 bridgehead atoms. The van der Waals surface area contributed by atoms with Crippen molar-refractivity contribution in [3.05, 3.63) is 28.3 Å². The Hall–Kier alpha value is -2.22. The number of nitrogens with one attached hydrogen (secondary N) is 1. The molecule has 0 aliphatic heterocycles. The Balaban J connectivity index is 2.91. The van der Waals surface area contributed by atoms with Gasteiger partial charge in [-0.2, -0.15) is 0 Å². The highest BCUT2D eigenvalue weighted by Crippen LogP contribution is 2.30. The lowest BCUT2D eigenvalue weighted by Crippen LogP contribution is -2.08. The molecule has 0 amide bonds. The molecule has 0 aliphatic rings. The lowest BCUT2D eigenvalue weighted by atomic mass is 10.2. The third-order valence-corrected chi connectivity index (χ3v) is 2.12. The van der Waals surface area contributed by atoms with E-state index in [2.05, 4.69) is 11.2 Å². The molecule has 1 rings (SSSR count). The predicted octanol–water partition coefficient (Wildman–Crippen LogP) is 2.82. The van der Waals surface area contributed by atoms with Crippen LogP contribution >= 0.6 is 0 Å². The van der Waals surface area contributed by atoms with E-state index < -0.39 is 4.92 Å². The van der Waals surface area contributed by atoms with E-state index in [1.165, 1.54) is 6.07 Å². The second kappa shape index (κ2) is 6.50. The van der Waals surface area contributed by atoms with Crippen molar-refractivity contribution < 1.29 is 9.66 Å². The van der Waals surface area contributed by atoms with Crippen molar-refractivity contribution in [2.24, 2.45) is 0 Å². The predicted molar refractivity (Wildman–Crippen MR) is 70.8 cm³/mol. The maximum absolute atomic E-state index is 10.9. The fourth-order valence-electron chi connectivity index (χ4n) is 1.40. The zero-order valence-electron chi connectivity index (χ0n) is 10.5. The summed E-state index contributed by atoms with van der Waals surface area (Å²) < 4.78 is 5.43. The average molecular weight is 248 g/mol. The molecule has 0 aliphatic carbocycles. The zero-order chi connectivity index (χ0) is 13.5. The molecule has 1 aromatic carbocycles. The van der Waals surface area contributed by atoms with Crippen LogP contribution in [0.2, 0.25) is 0 Å². The van der Waals surface area contributed by atoms with Crippen LogP contribution in [-0.4, -0.2) is 17.6 Å². The van der Waals surface area contributed by atoms with Gasteiger partial charge in [0.25, 0.3) is 0 Å². The standard InChI is InChI=1S/C13H16N2O3/c1-4-5-8-14-11-6-7-12(15(16)17)13(9-11)18-10(2)3/h1,6-7,9-10,14H,5,8H2,2-3H3. The van der Waals surface area contributed by atoms with Gasteiger partial charge < -0.3 is 10.1 Å². The molecule has 0 spiro atoms. The highest BCUT2D eigenvalue weighted by molar-refractivity contribution is 5.58. The topological polar surface area (TPSA) is 64.4 Å². The smallest absolute Gasteiger partial charge is 0.311 e. The molecule has 0 saturated heterocycles. The molecular weight excluding hydrogens is 232 g/mol. The van der Waals surface area contributed by atoms with E-state index in [-0.39, 0.29) is 17.5 Å². The summed E-state index contributed by atoms with van der Waals surface area (Å²) in [7, 11) is 0. The van der Waals surface area contributed by atoms with Crippen molar-refractivity contribution in [2.45, 2.75) is 26.4 Å². The van der Waals surface area contributed by atoms with Crippen molar-refractivity contribution in [1.82, 2.24) is 0 Å². The van der Waals surface area contributed by atoms with Gasteiger partial charge in [-0.25, -0.2) is 0 Å². The monoisotopic (exact) mass is 248 g/mol. The molecule has 0 radical (unpaired) electrons. The Labute approximate surface area is 106 Å². The number of anilines is 1. The summed E-state index contributed by atoms with van der Waals surface area (Å²) in [6.07, 6.45) is 5.62. The van der Waals surface area contributed by atoms with Crippen molar-refractivity contribution in [3.8, 4) is 18.1 Å². The van der Waals surface area contributed by atoms with E-state index >= 15 is 0 Å². The molecule has 96 valence electrons. The molecule has 0 heterocycles. The number of nitro benzene ring substituents is 1. The van der Waals surface area contributed by atoms with Crippen LogP contribution in [0.3, 0.4) is 0 Å². The summed E-state index contributed by atoms with van der Waals surface area (Å²) in [5, 5.41) is 13.9. The minimum atomic E-state index is -0.455. The van der Waals surface area contributed by atoms with Gasteiger partial charge in [0.05, 0.1) is 11.0 Å². The van der Waals surface area contributed by atoms with E-state index in [9.17, 15) is 10.1 Å². The van der Waals surface area contributed by atoms with Crippen LogP contribution < -0.4 is 10.1 Å². The lowest BCUT2D eigenvalue weighted by Gasteiger charge is -2.12. The number of nitrogens with zero attached hydrogens (tertiary/aromatic N) is 1. The first kappa shape index (κ1) is 13.8. The van der Waals surface area contributed by atoms with Gasteiger partial charge in [0, 0.05) is 30.8 Å². The van der Waals surface area contributed by atoms with E-state index in [1.54, 1.807) is 12.1 Å². The molecule has 1 aromatic rings. The third kappa shape index (κ3) is 3.98. The first-order chi connectivity index (χ1) is 8.54. The lowest BCUT2D eigenvalue weighted by molar-refractivity contribution is -0.386. The van der Waals surface area contributed by atoms with Gasteiger partial charge in [0.2, 0.25) is 0 Å². The number of terminal acetylenes is 1. The molecule has 0 atom stereocenters. The molecule has 1 N–H and O–H groups in total. The van der Waals surface area contributed by atoms with Crippen LogP contribution in [0, 0.1) is 22.5 Å². The van der Waals surface area contributed by atoms with E-state index in [0.29, 0.717) is 13.0 Å². The largest absolute Gasteiger partial charge is 0.484 e. The summed E-state index contributed by atoms with van der Waals surface area (Å²) in [6.45, 7) is 4.26. The van der Waals surface area contributed by atoms with Crippen LogP contribution in [0.15, 0.2) is 18.2 Å². The van der Waals surface area contributed by atoms with E-state index in [1.807, 2.05) is 13.8 Å². The number of rotatable bonds is 6. The Morgan fingerprint density at radius 2 is 2.28 bits per heavy atom. The van der Waals surface area contributed by atoms with Crippen LogP contribution in [0.4, 0.5) is 11.4 Å². The van der Waals surface area contributed by atoms with E-state index in [4.69, 9.17) is 11.2 Å². The van der Waals surface area contributed by atoms with Gasteiger partial charge in [-0.05, 0) is 19.9 Å². The summed E-state index contributed by atoms with van der Waals surface area (Å²) in [5.41, 5.74) is 0.720. The Kier molecular flexibility index (Phi) is 5.00. The van der Waals surface area contributed by atoms with Crippen molar-refractivity contribution >= 4 is 11.4 Å². The maximum Gasteiger partial charge on any atom is 0.311 e. The maximum atomic E-state index is 10.9. The average Bonchev–Trinajstić information content (AvgIpc) is 2.28.